The van der Waals surface area contributed by atoms with Crippen molar-refractivity contribution >= 4 is 54.5 Å². The predicted octanol–water partition coefficient (Wildman–Crippen LogP) is 4.44. The molecule has 0 saturated carbocycles. The second-order valence-electron chi connectivity index (χ2n) is 15.6. The molecule has 15 heteroatoms. The first-order chi connectivity index (χ1) is 26.0. The molecule has 0 atom stereocenters. The van der Waals surface area contributed by atoms with Crippen LogP contribution in [0.25, 0.3) is 16.7 Å². The van der Waals surface area contributed by atoms with Crippen LogP contribution in [0.15, 0.2) is 60.7 Å². The lowest BCUT2D eigenvalue weighted by Gasteiger charge is -2.43. The molecule has 0 unspecified atom stereocenters. The Hall–Kier alpha value is -4.83. The van der Waals surface area contributed by atoms with E-state index in [1.165, 1.54) is 4.90 Å². The molecule has 3 N–H and O–H groups in total. The lowest BCUT2D eigenvalue weighted by molar-refractivity contribution is -0.137. The van der Waals surface area contributed by atoms with Gasteiger partial charge in [0.15, 0.2) is 5.54 Å². The minimum Gasteiger partial charge on any atom is -0.481 e. The first-order valence-corrected chi connectivity index (χ1v) is 21.6. The van der Waals surface area contributed by atoms with Crippen LogP contribution in [0.2, 0.25) is 0 Å². The Morgan fingerprint density at radius 3 is 2.09 bits per heavy atom. The lowest BCUT2D eigenvalue weighted by Crippen LogP contribution is -2.50. The second kappa shape index (κ2) is 14.6. The maximum absolute atomic E-state index is 14.2. The predicted molar refractivity (Wildman–Crippen MR) is 216 cm³/mol. The molecule has 3 aromatic rings. The summed E-state index contributed by atoms with van der Waals surface area (Å²) in [5, 5.41) is 10.4. The van der Waals surface area contributed by atoms with Gasteiger partial charge in [-0.2, -0.15) is 16.8 Å². The third kappa shape index (κ3) is 7.90. The van der Waals surface area contributed by atoms with E-state index in [4.69, 9.17) is 4.74 Å². The zero-order valence-corrected chi connectivity index (χ0v) is 34.2. The molecule has 0 saturated heterocycles. The summed E-state index contributed by atoms with van der Waals surface area (Å²) in [5.74, 6) is -1.75. The third-order valence-electron chi connectivity index (χ3n) is 10.6. The van der Waals surface area contributed by atoms with Gasteiger partial charge in [0.2, 0.25) is 5.36 Å². The number of rotatable bonds is 12. The van der Waals surface area contributed by atoms with E-state index in [0.717, 1.165) is 0 Å². The number of likely N-dealkylation sites (N-methyl/N-ethyl adjacent to an activating group) is 2. The molecular formula is C41H48N3O10S2+. The van der Waals surface area contributed by atoms with Gasteiger partial charge in [-0.15, -0.1) is 0 Å². The fraction of sp³-hybridized carbons (Fsp3) is 0.390. The highest BCUT2D eigenvalue weighted by Crippen LogP contribution is 2.47. The third-order valence-corrected chi connectivity index (χ3v) is 12.0. The highest BCUT2D eigenvalue weighted by atomic mass is 32.2. The monoisotopic (exact) mass is 806 g/mol. The molecule has 6 rings (SSSR count). The van der Waals surface area contributed by atoms with Gasteiger partial charge in [-0.1, -0.05) is 24.3 Å². The van der Waals surface area contributed by atoms with Crippen molar-refractivity contribution in [1.82, 2.24) is 9.48 Å². The molecule has 56 heavy (non-hydrogen) atoms. The fourth-order valence-corrected chi connectivity index (χ4v) is 9.71. The van der Waals surface area contributed by atoms with Crippen LogP contribution < -0.4 is 24.8 Å². The van der Waals surface area contributed by atoms with E-state index in [0.29, 0.717) is 85.4 Å². The minimum absolute atomic E-state index is 0.110. The molecular weight excluding hydrogens is 759 g/mol. The number of fused-ring (bicyclic) bond motifs is 4. The number of hydrogen-bond acceptors (Lipinski definition) is 8. The smallest absolute Gasteiger partial charge is 0.303 e. The summed E-state index contributed by atoms with van der Waals surface area (Å²) in [6.07, 6.45) is 3.78. The maximum Gasteiger partial charge on any atom is 0.303 e. The average molecular weight is 807 g/mol. The average Bonchev–Trinajstić information content (AvgIpc) is 3.07. The van der Waals surface area contributed by atoms with E-state index in [1.54, 1.807) is 31.3 Å². The normalized spacial score (nSPS) is 16.8. The van der Waals surface area contributed by atoms with E-state index in [1.807, 2.05) is 78.0 Å². The Morgan fingerprint density at radius 1 is 0.839 bits per heavy atom. The number of ether oxygens (including phenoxy) is 1. The molecule has 0 aromatic heterocycles. The number of hydrogen-bond donors (Lipinski definition) is 3. The quantitative estimate of drug-likeness (QED) is 0.136. The van der Waals surface area contributed by atoms with E-state index in [2.05, 4.69) is 9.48 Å². The van der Waals surface area contributed by atoms with Gasteiger partial charge in [0.25, 0.3) is 26.1 Å². The topological polar surface area (TPSA) is 182 Å². The van der Waals surface area contributed by atoms with Gasteiger partial charge in [-0.25, -0.2) is 4.58 Å². The highest BCUT2D eigenvalue weighted by molar-refractivity contribution is 7.86. The van der Waals surface area contributed by atoms with E-state index < -0.39 is 48.8 Å². The van der Waals surface area contributed by atoms with E-state index in [-0.39, 0.29) is 25.3 Å². The Labute approximate surface area is 327 Å². The molecule has 3 heterocycles. The van der Waals surface area contributed by atoms with Crippen LogP contribution in [0.1, 0.15) is 87.0 Å². The Morgan fingerprint density at radius 2 is 1.48 bits per heavy atom. The first kappa shape index (κ1) is 40.8. The lowest BCUT2D eigenvalue weighted by atomic mass is 9.83. The van der Waals surface area contributed by atoms with Crippen LogP contribution in [0.3, 0.4) is 0 Å². The first-order valence-electron chi connectivity index (χ1n) is 18.4. The van der Waals surface area contributed by atoms with Crippen molar-refractivity contribution in [3.63, 3.8) is 0 Å². The standard InChI is InChI=1S/C41H47N3O10S2/c1-8-43-33-19-35-31(17-29(33)25(21-40(43,3)4)23-55(48,49)50)38(27-13-10-11-14-28(27)39(47)42(7)16-12-15-37(45)46)32-18-30-26(24-56(51,52)53)22-41(5,6)44(9-2)34(30)20-36(32)54-35/h10-11,13-14,17-22H,8-9,12,15-16,23-24H2,1-7H3,(H2-,45,46,48,49,50,51,52,53)/p+1. The molecule has 0 spiro atoms. The molecule has 0 fully saturated rings. The van der Waals surface area contributed by atoms with Crippen molar-refractivity contribution in [3.8, 4) is 11.5 Å². The van der Waals surface area contributed by atoms with Crippen LogP contribution in [0.5, 0.6) is 11.5 Å². The molecule has 0 aliphatic carbocycles. The van der Waals surface area contributed by atoms with Crippen LogP contribution in [-0.2, 0) is 25.0 Å². The Kier molecular flexibility index (Phi) is 10.6. The largest absolute Gasteiger partial charge is 0.481 e. The number of nitrogens with zero attached hydrogens (tertiary/aromatic N) is 3. The van der Waals surface area contributed by atoms with Crippen molar-refractivity contribution in [2.45, 2.75) is 65.5 Å². The summed E-state index contributed by atoms with van der Waals surface area (Å²) in [7, 11) is -7.31. The molecule has 1 amide bonds. The number of anilines is 1. The van der Waals surface area contributed by atoms with Gasteiger partial charge in [0.05, 0.1) is 17.2 Å². The van der Waals surface area contributed by atoms with Gasteiger partial charge in [0.1, 0.15) is 29.5 Å². The Balaban J connectivity index is 1.73. The van der Waals surface area contributed by atoms with Crippen molar-refractivity contribution in [2.24, 2.45) is 0 Å². The number of carboxylic acid groups (broad SMARTS) is 1. The molecule has 13 nitrogen and oxygen atoms in total. The zero-order chi connectivity index (χ0) is 41.1. The number of carboxylic acids is 1. The highest BCUT2D eigenvalue weighted by Gasteiger charge is 2.38. The summed E-state index contributed by atoms with van der Waals surface area (Å²) < 4.78 is 78.6. The van der Waals surface area contributed by atoms with Crippen LogP contribution >= 0.6 is 0 Å². The Bertz CT molecular complexity index is 2590. The van der Waals surface area contributed by atoms with Crippen molar-refractivity contribution in [1.29, 1.82) is 0 Å². The number of aliphatic carboxylic acids is 1. The molecule has 3 aliphatic rings. The van der Waals surface area contributed by atoms with Gasteiger partial charge in [0, 0.05) is 79.6 Å². The van der Waals surface area contributed by atoms with Crippen LogP contribution in [0, 0.1) is 0 Å². The number of carbonyl (C=O) groups is 2. The summed E-state index contributed by atoms with van der Waals surface area (Å²) in [6.45, 7) is 13.1. The molecule has 298 valence electrons. The maximum atomic E-state index is 14.2. The summed E-state index contributed by atoms with van der Waals surface area (Å²) in [6, 6.07) is 14.3. The van der Waals surface area contributed by atoms with Crippen LogP contribution in [-0.4, -0.2) is 97.1 Å². The van der Waals surface area contributed by atoms with Crippen molar-refractivity contribution < 1.29 is 45.4 Å². The zero-order valence-electron chi connectivity index (χ0n) is 32.6. The summed E-state index contributed by atoms with van der Waals surface area (Å²) in [4.78, 5) is 29.0. The van der Waals surface area contributed by atoms with Gasteiger partial charge >= 0.3 is 5.97 Å². The molecule has 0 radical (unpaired) electrons. The molecule has 0 bridgehead atoms. The van der Waals surface area contributed by atoms with E-state index in [9.17, 15) is 40.6 Å². The summed E-state index contributed by atoms with van der Waals surface area (Å²) >= 11 is 0. The number of amides is 1. The summed E-state index contributed by atoms with van der Waals surface area (Å²) in [5.41, 5.74) is 3.16. The van der Waals surface area contributed by atoms with Crippen LogP contribution in [0.4, 0.5) is 5.69 Å². The number of benzene rings is 3. The molecule has 3 aromatic carbocycles. The van der Waals surface area contributed by atoms with Crippen molar-refractivity contribution in [3.05, 3.63) is 99.1 Å². The van der Waals surface area contributed by atoms with Gasteiger partial charge < -0.3 is 19.6 Å². The van der Waals surface area contributed by atoms with Crippen molar-refractivity contribution in [2.75, 3.05) is 43.1 Å². The second-order valence-corrected chi connectivity index (χ2v) is 18.5. The minimum atomic E-state index is -4.46. The number of carbonyl (C=O) groups excluding carboxylic acids is 1. The van der Waals surface area contributed by atoms with Gasteiger partial charge in [-0.3, -0.25) is 18.7 Å². The fourth-order valence-electron chi connectivity index (χ4n) is 8.45. The molecule has 3 aliphatic heterocycles. The van der Waals surface area contributed by atoms with Gasteiger partial charge in [-0.05, 0) is 75.1 Å². The van der Waals surface area contributed by atoms with E-state index >= 15 is 0 Å². The SMILES string of the molecule is CCN1c2cc3c(cc2C(CS(=O)(=O)O)=CC1(C)C)C(c1ccccc1C(=O)N(C)CCCC(=O)O)=c1cc2c(cc1O3)=[N+](CC)C(C)(C)C=C2CS(=O)(=O)O.